The second-order valence-corrected chi connectivity index (χ2v) is 5.15. The van der Waals surface area contributed by atoms with E-state index in [-0.39, 0.29) is 18.3 Å². The molecule has 2 aliphatic heterocycles. The molecule has 2 aliphatic rings. The highest BCUT2D eigenvalue weighted by Crippen LogP contribution is 2.32. The number of carbonyl (C=O) groups is 1. The molecular weight excluding hydrogens is 228 g/mol. The number of rotatable bonds is 3. The van der Waals surface area contributed by atoms with Crippen molar-refractivity contribution in [3.8, 4) is 0 Å². The predicted molar refractivity (Wildman–Crippen MR) is 67.2 cm³/mol. The van der Waals surface area contributed by atoms with E-state index in [0.717, 1.165) is 12.8 Å². The maximum absolute atomic E-state index is 11.4. The number of hydrogen-bond donors (Lipinski definition) is 0. The standard InChI is InChI=1S/C15H18O3/c16-12-6-7-14-15(9-13(8-12)18-14)17-10-11-4-2-1-3-5-11/h1-5,13-15H,6-10H2/t13-,14+,15-/m0/s1. The molecule has 0 unspecified atom stereocenters. The fourth-order valence-corrected chi connectivity index (χ4v) is 2.80. The summed E-state index contributed by atoms with van der Waals surface area (Å²) in [6.45, 7) is 0.631. The molecule has 1 aromatic carbocycles. The van der Waals surface area contributed by atoms with Crippen molar-refractivity contribution < 1.29 is 14.3 Å². The van der Waals surface area contributed by atoms with Gasteiger partial charge in [0.05, 0.1) is 24.9 Å². The highest BCUT2D eigenvalue weighted by atomic mass is 16.6. The largest absolute Gasteiger partial charge is 0.372 e. The van der Waals surface area contributed by atoms with Crippen molar-refractivity contribution in [3.05, 3.63) is 35.9 Å². The average molecular weight is 246 g/mol. The molecule has 2 heterocycles. The van der Waals surface area contributed by atoms with Crippen molar-refractivity contribution in [2.45, 2.75) is 50.6 Å². The first kappa shape index (κ1) is 11.9. The first-order valence-electron chi connectivity index (χ1n) is 6.64. The van der Waals surface area contributed by atoms with Gasteiger partial charge in [-0.05, 0) is 12.0 Å². The van der Waals surface area contributed by atoms with Gasteiger partial charge in [-0.1, -0.05) is 30.3 Å². The first-order chi connectivity index (χ1) is 8.81. The number of fused-ring (bicyclic) bond motifs is 2. The Hall–Kier alpha value is -1.19. The molecule has 0 aromatic heterocycles. The van der Waals surface area contributed by atoms with Gasteiger partial charge in [0.2, 0.25) is 0 Å². The van der Waals surface area contributed by atoms with E-state index in [2.05, 4.69) is 12.1 Å². The van der Waals surface area contributed by atoms with Crippen molar-refractivity contribution in [2.24, 2.45) is 0 Å². The quantitative estimate of drug-likeness (QED) is 0.822. The molecule has 3 atom stereocenters. The van der Waals surface area contributed by atoms with Gasteiger partial charge < -0.3 is 9.47 Å². The fourth-order valence-electron chi connectivity index (χ4n) is 2.80. The molecule has 3 rings (SSSR count). The van der Waals surface area contributed by atoms with Gasteiger partial charge in [0.15, 0.2) is 0 Å². The Labute approximate surface area is 107 Å². The van der Waals surface area contributed by atoms with Crippen molar-refractivity contribution >= 4 is 5.78 Å². The van der Waals surface area contributed by atoms with Gasteiger partial charge in [-0.15, -0.1) is 0 Å². The minimum absolute atomic E-state index is 0.0887. The molecule has 0 aliphatic carbocycles. The van der Waals surface area contributed by atoms with Gasteiger partial charge in [-0.2, -0.15) is 0 Å². The maximum Gasteiger partial charge on any atom is 0.135 e. The molecule has 0 N–H and O–H groups in total. The van der Waals surface area contributed by atoms with Gasteiger partial charge in [0.25, 0.3) is 0 Å². The second kappa shape index (κ2) is 5.21. The van der Waals surface area contributed by atoms with Crippen LogP contribution in [0.1, 0.15) is 31.2 Å². The Kier molecular flexibility index (Phi) is 3.43. The average Bonchev–Trinajstić information content (AvgIpc) is 2.66. The molecule has 2 bridgehead atoms. The Morgan fingerprint density at radius 3 is 2.94 bits per heavy atom. The van der Waals surface area contributed by atoms with E-state index >= 15 is 0 Å². The fraction of sp³-hybridized carbons (Fsp3) is 0.533. The monoisotopic (exact) mass is 246 g/mol. The van der Waals surface area contributed by atoms with E-state index in [4.69, 9.17) is 9.47 Å². The van der Waals surface area contributed by atoms with Gasteiger partial charge in [0, 0.05) is 19.3 Å². The molecule has 3 nitrogen and oxygen atoms in total. The number of hydrogen-bond acceptors (Lipinski definition) is 3. The van der Waals surface area contributed by atoms with E-state index in [1.165, 1.54) is 5.56 Å². The van der Waals surface area contributed by atoms with E-state index in [0.29, 0.717) is 25.2 Å². The smallest absolute Gasteiger partial charge is 0.135 e. The molecule has 18 heavy (non-hydrogen) atoms. The van der Waals surface area contributed by atoms with E-state index in [1.54, 1.807) is 0 Å². The predicted octanol–water partition coefficient (Wildman–Crippen LogP) is 2.48. The van der Waals surface area contributed by atoms with E-state index < -0.39 is 0 Å². The summed E-state index contributed by atoms with van der Waals surface area (Å²) in [5.74, 6) is 0.337. The van der Waals surface area contributed by atoms with Crippen LogP contribution in [0.5, 0.6) is 0 Å². The van der Waals surface area contributed by atoms with Gasteiger partial charge >= 0.3 is 0 Å². The molecule has 96 valence electrons. The summed E-state index contributed by atoms with van der Waals surface area (Å²) in [5.41, 5.74) is 1.19. The molecule has 0 amide bonds. The highest BCUT2D eigenvalue weighted by molar-refractivity contribution is 5.79. The normalized spacial score (nSPS) is 31.3. The Balaban J connectivity index is 1.57. The molecule has 3 heteroatoms. The summed E-state index contributed by atoms with van der Waals surface area (Å²) in [5, 5.41) is 0. The molecule has 0 radical (unpaired) electrons. The Morgan fingerprint density at radius 1 is 1.28 bits per heavy atom. The molecule has 0 spiro atoms. The van der Waals surface area contributed by atoms with Crippen LogP contribution in [-0.2, 0) is 20.9 Å². The van der Waals surface area contributed by atoms with Crippen LogP contribution in [0.2, 0.25) is 0 Å². The third-order valence-electron chi connectivity index (χ3n) is 3.75. The summed E-state index contributed by atoms with van der Waals surface area (Å²) in [6, 6.07) is 10.2. The highest BCUT2D eigenvalue weighted by Gasteiger charge is 2.39. The SMILES string of the molecule is O=C1CC[C@H]2O[C@@H](C1)C[C@@H]2OCc1ccccc1. The zero-order chi connectivity index (χ0) is 12.4. The van der Waals surface area contributed by atoms with Crippen LogP contribution in [0, 0.1) is 0 Å². The van der Waals surface area contributed by atoms with Crippen LogP contribution in [0.4, 0.5) is 0 Å². The van der Waals surface area contributed by atoms with Crippen molar-refractivity contribution in [1.29, 1.82) is 0 Å². The summed E-state index contributed by atoms with van der Waals surface area (Å²) in [4.78, 5) is 11.4. The van der Waals surface area contributed by atoms with Gasteiger partial charge in [-0.3, -0.25) is 4.79 Å². The van der Waals surface area contributed by atoms with Gasteiger partial charge in [0.1, 0.15) is 5.78 Å². The van der Waals surface area contributed by atoms with Crippen LogP contribution in [0.15, 0.2) is 30.3 Å². The van der Waals surface area contributed by atoms with Crippen molar-refractivity contribution in [3.63, 3.8) is 0 Å². The number of benzene rings is 1. The third-order valence-corrected chi connectivity index (χ3v) is 3.75. The van der Waals surface area contributed by atoms with Crippen LogP contribution < -0.4 is 0 Å². The van der Waals surface area contributed by atoms with Crippen LogP contribution in [0.25, 0.3) is 0 Å². The third kappa shape index (κ3) is 2.62. The number of carbonyl (C=O) groups excluding carboxylic acids is 1. The van der Waals surface area contributed by atoms with Crippen molar-refractivity contribution in [2.75, 3.05) is 0 Å². The lowest BCUT2D eigenvalue weighted by molar-refractivity contribution is -0.120. The minimum atomic E-state index is 0.0887. The zero-order valence-electron chi connectivity index (χ0n) is 10.4. The molecule has 1 aromatic rings. The van der Waals surface area contributed by atoms with E-state index in [1.807, 2.05) is 18.2 Å². The summed E-state index contributed by atoms with van der Waals surface area (Å²) in [7, 11) is 0. The molecule has 2 fully saturated rings. The molecule has 0 saturated carbocycles. The second-order valence-electron chi connectivity index (χ2n) is 5.15. The lowest BCUT2D eigenvalue weighted by atomic mass is 9.98. The summed E-state index contributed by atoms with van der Waals surface area (Å²) in [6.07, 6.45) is 3.26. The van der Waals surface area contributed by atoms with Crippen LogP contribution in [0.3, 0.4) is 0 Å². The summed E-state index contributed by atoms with van der Waals surface area (Å²) < 4.78 is 11.8. The topological polar surface area (TPSA) is 35.5 Å². The zero-order valence-corrected chi connectivity index (χ0v) is 10.4. The maximum atomic E-state index is 11.4. The number of ether oxygens (including phenoxy) is 2. The Morgan fingerprint density at radius 2 is 2.11 bits per heavy atom. The van der Waals surface area contributed by atoms with Crippen LogP contribution >= 0.6 is 0 Å². The van der Waals surface area contributed by atoms with Crippen molar-refractivity contribution in [1.82, 2.24) is 0 Å². The van der Waals surface area contributed by atoms with E-state index in [9.17, 15) is 4.79 Å². The van der Waals surface area contributed by atoms with Gasteiger partial charge in [-0.25, -0.2) is 0 Å². The minimum Gasteiger partial charge on any atom is -0.372 e. The van der Waals surface area contributed by atoms with Crippen LogP contribution in [-0.4, -0.2) is 24.1 Å². The Bertz CT molecular complexity index is 415. The lowest BCUT2D eigenvalue weighted by Crippen LogP contribution is -2.25. The summed E-state index contributed by atoms with van der Waals surface area (Å²) >= 11 is 0. The lowest BCUT2D eigenvalue weighted by Gasteiger charge is -2.18. The first-order valence-corrected chi connectivity index (χ1v) is 6.64. The molecular formula is C15H18O3. The molecule has 2 saturated heterocycles. The number of ketones is 1. The number of Topliss-reactive ketones (excluding diaryl/α,β-unsaturated/α-hetero) is 1.